The molecule has 0 aromatic heterocycles. The molecule has 0 saturated carbocycles. The number of amides is 1. The Labute approximate surface area is 67.5 Å². The summed E-state index contributed by atoms with van der Waals surface area (Å²) >= 11 is 0. The quantitative estimate of drug-likeness (QED) is 0.337. The lowest BCUT2D eigenvalue weighted by atomic mass is 10.0. The summed E-state index contributed by atoms with van der Waals surface area (Å²) in [6, 6.07) is -0.0894. The Kier molecular flexibility index (Phi) is 4.07. The van der Waals surface area contributed by atoms with E-state index in [4.69, 9.17) is 11.6 Å². The van der Waals surface area contributed by atoms with E-state index < -0.39 is 0 Å². The van der Waals surface area contributed by atoms with Gasteiger partial charge in [-0.2, -0.15) is 0 Å². The Morgan fingerprint density at radius 1 is 1.55 bits per heavy atom. The van der Waals surface area contributed by atoms with Crippen LogP contribution in [0.5, 0.6) is 0 Å². The number of hydrogen-bond acceptors (Lipinski definition) is 3. The largest absolute Gasteiger partial charge is 0.327 e. The molecule has 1 unspecified atom stereocenters. The molecule has 66 valence electrons. The highest BCUT2D eigenvalue weighted by molar-refractivity contribution is 5.75. The average molecular weight is 159 g/mol. The van der Waals surface area contributed by atoms with E-state index in [1.54, 1.807) is 0 Å². The molecule has 0 saturated heterocycles. The molecule has 0 spiro atoms. The molecular weight excluding hydrogens is 142 g/mol. The van der Waals surface area contributed by atoms with Crippen LogP contribution in [0.1, 0.15) is 20.3 Å². The van der Waals surface area contributed by atoms with E-state index in [-0.39, 0.29) is 11.9 Å². The third kappa shape index (κ3) is 3.95. The van der Waals surface area contributed by atoms with Gasteiger partial charge in [0.25, 0.3) is 0 Å². The fraction of sp³-hybridized carbons (Fsp3) is 0.857. The maximum atomic E-state index is 11.0. The minimum absolute atomic E-state index is 0.0894. The van der Waals surface area contributed by atoms with Gasteiger partial charge >= 0.3 is 0 Å². The summed E-state index contributed by atoms with van der Waals surface area (Å²) in [4.78, 5) is 11.0. The molecule has 0 aliphatic heterocycles. The molecular formula is C7H17N3O. The van der Waals surface area contributed by atoms with Crippen LogP contribution in [0.4, 0.5) is 0 Å². The lowest BCUT2D eigenvalue weighted by Gasteiger charge is -2.17. The lowest BCUT2D eigenvalue weighted by molar-refractivity contribution is -0.130. The first kappa shape index (κ1) is 10.4. The van der Waals surface area contributed by atoms with Gasteiger partial charge in [-0.15, -0.1) is 0 Å². The van der Waals surface area contributed by atoms with Crippen LogP contribution in [0.3, 0.4) is 0 Å². The van der Waals surface area contributed by atoms with Gasteiger partial charge < -0.3 is 5.73 Å². The molecule has 4 N–H and O–H groups in total. The van der Waals surface area contributed by atoms with Crippen LogP contribution in [0.15, 0.2) is 0 Å². The number of carbonyl (C=O) groups is 1. The summed E-state index contributed by atoms with van der Waals surface area (Å²) in [5, 5.41) is 1.07. The van der Waals surface area contributed by atoms with Crippen molar-refractivity contribution in [3.63, 3.8) is 0 Å². The Balaban J connectivity index is 3.76. The third-order valence-electron chi connectivity index (χ3n) is 1.66. The molecule has 4 heteroatoms. The van der Waals surface area contributed by atoms with Gasteiger partial charge in [0.2, 0.25) is 5.91 Å². The van der Waals surface area contributed by atoms with Gasteiger partial charge in [0.15, 0.2) is 0 Å². The van der Waals surface area contributed by atoms with E-state index in [0.717, 1.165) is 5.01 Å². The molecule has 0 aromatic rings. The van der Waals surface area contributed by atoms with E-state index in [1.165, 1.54) is 7.05 Å². The molecule has 11 heavy (non-hydrogen) atoms. The fourth-order valence-corrected chi connectivity index (χ4v) is 0.581. The average Bonchev–Trinajstić information content (AvgIpc) is 1.87. The Morgan fingerprint density at radius 3 is 2.27 bits per heavy atom. The fourth-order valence-electron chi connectivity index (χ4n) is 0.581. The minimum Gasteiger partial charge on any atom is -0.327 e. The molecule has 0 rings (SSSR count). The Morgan fingerprint density at radius 2 is 2.00 bits per heavy atom. The van der Waals surface area contributed by atoms with E-state index in [1.807, 2.05) is 13.8 Å². The first-order valence-corrected chi connectivity index (χ1v) is 3.72. The van der Waals surface area contributed by atoms with Crippen LogP contribution < -0.4 is 11.6 Å². The van der Waals surface area contributed by atoms with E-state index >= 15 is 0 Å². The second kappa shape index (κ2) is 4.31. The number of carbonyl (C=O) groups excluding carboxylic acids is 1. The van der Waals surface area contributed by atoms with Crippen molar-refractivity contribution >= 4 is 5.91 Å². The maximum absolute atomic E-state index is 11.0. The highest BCUT2D eigenvalue weighted by atomic mass is 16.2. The predicted octanol–water partition coefficient (Wildman–Crippen LogP) is -0.308. The van der Waals surface area contributed by atoms with Crippen molar-refractivity contribution in [3.05, 3.63) is 0 Å². The van der Waals surface area contributed by atoms with Gasteiger partial charge in [0, 0.05) is 19.5 Å². The Hall–Kier alpha value is -0.610. The van der Waals surface area contributed by atoms with Crippen LogP contribution in [-0.2, 0) is 4.79 Å². The van der Waals surface area contributed by atoms with Crippen molar-refractivity contribution in [1.29, 1.82) is 0 Å². The molecule has 0 aliphatic rings. The second-order valence-electron chi connectivity index (χ2n) is 3.12. The normalized spacial score (nSPS) is 13.3. The first-order valence-electron chi connectivity index (χ1n) is 3.72. The molecule has 1 atom stereocenters. The zero-order valence-electron chi connectivity index (χ0n) is 7.37. The predicted molar refractivity (Wildman–Crippen MR) is 44.4 cm³/mol. The lowest BCUT2D eigenvalue weighted by Crippen LogP contribution is -2.39. The van der Waals surface area contributed by atoms with E-state index in [0.29, 0.717) is 12.3 Å². The monoisotopic (exact) mass is 159 g/mol. The number of rotatable bonds is 3. The van der Waals surface area contributed by atoms with E-state index in [9.17, 15) is 4.79 Å². The summed E-state index contributed by atoms with van der Waals surface area (Å²) < 4.78 is 0. The summed E-state index contributed by atoms with van der Waals surface area (Å²) in [6.45, 7) is 3.96. The third-order valence-corrected chi connectivity index (χ3v) is 1.66. The van der Waals surface area contributed by atoms with Crippen LogP contribution in [0, 0.1) is 5.92 Å². The molecule has 0 aromatic carbocycles. The van der Waals surface area contributed by atoms with Crippen LogP contribution in [0.25, 0.3) is 0 Å². The molecule has 0 radical (unpaired) electrons. The topological polar surface area (TPSA) is 72.4 Å². The summed E-state index contributed by atoms with van der Waals surface area (Å²) in [5.41, 5.74) is 5.65. The van der Waals surface area contributed by atoms with Crippen molar-refractivity contribution in [1.82, 2.24) is 5.01 Å². The standard InChI is InChI=1S/C7H17N3O/c1-5(2)6(8)4-7(11)10(3)9/h5-6H,4,8-9H2,1-3H3. The zero-order valence-corrected chi connectivity index (χ0v) is 7.37. The molecule has 0 fully saturated rings. The molecule has 1 amide bonds. The zero-order chi connectivity index (χ0) is 9.02. The highest BCUT2D eigenvalue weighted by Gasteiger charge is 2.13. The molecule has 4 nitrogen and oxygen atoms in total. The number of nitrogens with two attached hydrogens (primary N) is 2. The minimum atomic E-state index is -0.119. The summed E-state index contributed by atoms with van der Waals surface area (Å²) in [7, 11) is 1.52. The van der Waals surface area contributed by atoms with Gasteiger partial charge in [0.05, 0.1) is 0 Å². The summed E-state index contributed by atoms with van der Waals surface area (Å²) in [5.74, 6) is 5.41. The summed E-state index contributed by atoms with van der Waals surface area (Å²) in [6.07, 6.45) is 0.324. The first-order chi connectivity index (χ1) is 4.95. The van der Waals surface area contributed by atoms with Crippen molar-refractivity contribution < 1.29 is 4.79 Å². The Bertz CT molecular complexity index is 134. The van der Waals surface area contributed by atoms with Crippen LogP contribution in [0.2, 0.25) is 0 Å². The molecule has 0 aliphatic carbocycles. The number of hydrazine groups is 1. The molecule has 0 heterocycles. The van der Waals surface area contributed by atoms with Gasteiger partial charge in [-0.1, -0.05) is 13.8 Å². The van der Waals surface area contributed by atoms with Gasteiger partial charge in [0.1, 0.15) is 0 Å². The van der Waals surface area contributed by atoms with E-state index in [2.05, 4.69) is 0 Å². The highest BCUT2D eigenvalue weighted by Crippen LogP contribution is 2.03. The van der Waals surface area contributed by atoms with Crippen LogP contribution >= 0.6 is 0 Å². The SMILES string of the molecule is CC(C)C(N)CC(=O)N(C)N. The second-order valence-corrected chi connectivity index (χ2v) is 3.12. The van der Waals surface area contributed by atoms with Crippen molar-refractivity contribution in [2.24, 2.45) is 17.5 Å². The number of hydrogen-bond donors (Lipinski definition) is 2. The van der Waals surface area contributed by atoms with Gasteiger partial charge in [-0.3, -0.25) is 9.80 Å². The van der Waals surface area contributed by atoms with Gasteiger partial charge in [-0.25, -0.2) is 5.84 Å². The maximum Gasteiger partial charge on any atom is 0.237 e. The van der Waals surface area contributed by atoms with Crippen LogP contribution in [-0.4, -0.2) is 24.0 Å². The van der Waals surface area contributed by atoms with Gasteiger partial charge in [-0.05, 0) is 5.92 Å². The number of nitrogens with zero attached hydrogens (tertiary/aromatic N) is 1. The van der Waals surface area contributed by atoms with Crippen molar-refractivity contribution in [2.75, 3.05) is 7.05 Å². The smallest absolute Gasteiger partial charge is 0.237 e. The van der Waals surface area contributed by atoms with Crippen molar-refractivity contribution in [2.45, 2.75) is 26.3 Å². The molecule has 0 bridgehead atoms. The van der Waals surface area contributed by atoms with Crippen molar-refractivity contribution in [3.8, 4) is 0 Å².